The minimum Gasteiger partial charge on any atom is -0.266 e. The van der Waals surface area contributed by atoms with Gasteiger partial charge in [0.25, 0.3) is 10.0 Å². The number of halogens is 2. The van der Waals surface area contributed by atoms with Crippen molar-refractivity contribution in [3.05, 3.63) is 88.5 Å². The largest absolute Gasteiger partial charge is 0.266 e. The van der Waals surface area contributed by atoms with Crippen LogP contribution in [0.5, 0.6) is 0 Å². The molecule has 0 aliphatic carbocycles. The first-order valence-corrected chi connectivity index (χ1v) is 10.6. The molecule has 0 radical (unpaired) electrons. The molecule has 8 heteroatoms. The Hall–Kier alpha value is -2.54. The lowest BCUT2D eigenvalue weighted by Crippen LogP contribution is -2.13. The fraction of sp³-hybridized carbons (Fsp3) is 0.0500. The van der Waals surface area contributed by atoms with Crippen molar-refractivity contribution in [1.29, 1.82) is 0 Å². The minimum atomic E-state index is -3.74. The molecule has 5 nitrogen and oxygen atoms in total. The molecule has 1 N–H and O–H groups in total. The Balaban J connectivity index is 1.54. The summed E-state index contributed by atoms with van der Waals surface area (Å²) in [7, 11) is -3.74. The highest BCUT2D eigenvalue weighted by Gasteiger charge is 2.16. The molecule has 0 saturated heterocycles. The molecule has 0 atom stereocenters. The standard InChI is InChI=1S/C20H15Cl2N3O2S/c21-18-8-5-14(11-19(18)22)13-25-10-9-20(23-25)24-28(26,27)17-7-6-15-3-1-2-4-16(15)12-17/h1-12H,13H2,(H,23,24). The van der Waals surface area contributed by atoms with Crippen LogP contribution in [0.15, 0.2) is 77.8 Å². The SMILES string of the molecule is O=S(=O)(Nc1ccn(Cc2ccc(Cl)c(Cl)c2)n1)c1ccc2ccccc2c1. The first kappa shape index (κ1) is 18.8. The van der Waals surface area contributed by atoms with E-state index in [0.717, 1.165) is 16.3 Å². The van der Waals surface area contributed by atoms with E-state index >= 15 is 0 Å². The minimum absolute atomic E-state index is 0.185. The quantitative estimate of drug-likeness (QED) is 0.472. The number of nitrogens with one attached hydrogen (secondary N) is 1. The van der Waals surface area contributed by atoms with E-state index in [9.17, 15) is 8.42 Å². The summed E-state index contributed by atoms with van der Waals surface area (Å²) >= 11 is 12.0. The molecule has 3 aromatic carbocycles. The van der Waals surface area contributed by atoms with E-state index in [2.05, 4.69) is 9.82 Å². The summed E-state index contributed by atoms with van der Waals surface area (Å²) < 4.78 is 29.5. The van der Waals surface area contributed by atoms with Crippen LogP contribution in [0.2, 0.25) is 10.0 Å². The smallest absolute Gasteiger partial charge is 0.263 e. The van der Waals surface area contributed by atoms with Gasteiger partial charge >= 0.3 is 0 Å². The van der Waals surface area contributed by atoms with Crippen LogP contribution in [0.25, 0.3) is 10.8 Å². The molecule has 0 saturated carbocycles. The number of hydrogen-bond acceptors (Lipinski definition) is 3. The molecule has 0 spiro atoms. The molecule has 1 heterocycles. The Morgan fingerprint density at radius 1 is 0.893 bits per heavy atom. The number of anilines is 1. The normalized spacial score (nSPS) is 11.6. The van der Waals surface area contributed by atoms with Crippen LogP contribution in [0.3, 0.4) is 0 Å². The number of rotatable bonds is 5. The van der Waals surface area contributed by atoms with Gasteiger partial charge in [0.15, 0.2) is 5.82 Å². The Bertz CT molecular complexity index is 1270. The predicted molar refractivity (Wildman–Crippen MR) is 113 cm³/mol. The van der Waals surface area contributed by atoms with E-state index in [1.807, 2.05) is 30.3 Å². The van der Waals surface area contributed by atoms with Gasteiger partial charge < -0.3 is 0 Å². The fourth-order valence-corrected chi connectivity index (χ4v) is 4.21. The van der Waals surface area contributed by atoms with Crippen LogP contribution >= 0.6 is 23.2 Å². The van der Waals surface area contributed by atoms with Crippen molar-refractivity contribution < 1.29 is 8.42 Å². The average molecular weight is 432 g/mol. The first-order valence-electron chi connectivity index (χ1n) is 8.40. The van der Waals surface area contributed by atoms with Crippen LogP contribution in [-0.4, -0.2) is 18.2 Å². The highest BCUT2D eigenvalue weighted by atomic mass is 35.5. The van der Waals surface area contributed by atoms with Gasteiger partial charge in [-0.2, -0.15) is 5.10 Å². The second-order valence-corrected chi connectivity index (χ2v) is 8.76. The number of aromatic nitrogens is 2. The highest BCUT2D eigenvalue weighted by Crippen LogP contribution is 2.24. The molecule has 0 aliphatic rings. The van der Waals surface area contributed by atoms with E-state index < -0.39 is 10.0 Å². The topological polar surface area (TPSA) is 64.0 Å². The average Bonchev–Trinajstić information content (AvgIpc) is 3.10. The molecule has 4 aromatic rings. The molecular formula is C20H15Cl2N3O2S. The zero-order valence-electron chi connectivity index (χ0n) is 14.5. The van der Waals surface area contributed by atoms with Gasteiger partial charge in [-0.1, -0.05) is 59.6 Å². The third kappa shape index (κ3) is 3.99. The number of sulfonamides is 1. The Morgan fingerprint density at radius 2 is 1.68 bits per heavy atom. The predicted octanol–water partition coefficient (Wildman–Crippen LogP) is 5.19. The van der Waals surface area contributed by atoms with Crippen molar-refractivity contribution in [3.63, 3.8) is 0 Å². The number of nitrogens with zero attached hydrogens (tertiary/aromatic N) is 2. The van der Waals surface area contributed by atoms with E-state index in [1.165, 1.54) is 0 Å². The molecular weight excluding hydrogens is 417 g/mol. The summed E-state index contributed by atoms with van der Waals surface area (Å²) in [6.07, 6.45) is 1.70. The van der Waals surface area contributed by atoms with Crippen molar-refractivity contribution in [3.8, 4) is 0 Å². The molecule has 0 unspecified atom stereocenters. The first-order chi connectivity index (χ1) is 13.4. The second-order valence-electron chi connectivity index (χ2n) is 6.26. The van der Waals surface area contributed by atoms with Crippen molar-refractivity contribution in [2.75, 3.05) is 4.72 Å². The van der Waals surface area contributed by atoms with Crippen LogP contribution in [0.4, 0.5) is 5.82 Å². The maximum atomic E-state index is 12.7. The van der Waals surface area contributed by atoms with Gasteiger partial charge in [0.2, 0.25) is 0 Å². The van der Waals surface area contributed by atoms with Gasteiger partial charge in [0.1, 0.15) is 0 Å². The second kappa shape index (κ2) is 7.47. The Kier molecular flexibility index (Phi) is 5.02. The van der Waals surface area contributed by atoms with Gasteiger partial charge in [-0.15, -0.1) is 0 Å². The van der Waals surface area contributed by atoms with E-state index in [-0.39, 0.29) is 10.7 Å². The Morgan fingerprint density at radius 3 is 2.46 bits per heavy atom. The fourth-order valence-electron chi connectivity index (χ4n) is 2.86. The molecule has 0 fully saturated rings. The Labute approximate surface area is 172 Å². The third-order valence-corrected chi connectivity index (χ3v) is 6.33. The highest BCUT2D eigenvalue weighted by molar-refractivity contribution is 7.92. The van der Waals surface area contributed by atoms with Crippen molar-refractivity contribution in [2.24, 2.45) is 0 Å². The van der Waals surface area contributed by atoms with Crippen LogP contribution in [-0.2, 0) is 16.6 Å². The molecule has 142 valence electrons. The molecule has 4 rings (SSSR count). The van der Waals surface area contributed by atoms with E-state index in [4.69, 9.17) is 23.2 Å². The van der Waals surface area contributed by atoms with Gasteiger partial charge in [-0.25, -0.2) is 8.42 Å². The van der Waals surface area contributed by atoms with E-state index in [0.29, 0.717) is 16.6 Å². The van der Waals surface area contributed by atoms with Gasteiger partial charge in [-0.3, -0.25) is 9.40 Å². The molecule has 1 aromatic heterocycles. The lowest BCUT2D eigenvalue weighted by Gasteiger charge is -2.07. The lowest BCUT2D eigenvalue weighted by atomic mass is 10.1. The summed E-state index contributed by atoms with van der Waals surface area (Å²) in [5, 5.41) is 7.06. The van der Waals surface area contributed by atoms with Crippen molar-refractivity contribution >= 4 is 49.8 Å². The summed E-state index contributed by atoms with van der Waals surface area (Å²) in [5.74, 6) is 0.244. The summed E-state index contributed by atoms with van der Waals surface area (Å²) in [4.78, 5) is 0.185. The monoisotopic (exact) mass is 431 g/mol. The third-order valence-electron chi connectivity index (χ3n) is 4.24. The lowest BCUT2D eigenvalue weighted by molar-refractivity contribution is 0.600. The van der Waals surface area contributed by atoms with Crippen LogP contribution in [0, 0.1) is 0 Å². The molecule has 28 heavy (non-hydrogen) atoms. The van der Waals surface area contributed by atoms with Crippen LogP contribution < -0.4 is 4.72 Å². The maximum absolute atomic E-state index is 12.7. The summed E-state index contributed by atoms with van der Waals surface area (Å²) in [6, 6.07) is 19.5. The van der Waals surface area contributed by atoms with Gasteiger partial charge in [-0.05, 0) is 40.6 Å². The summed E-state index contributed by atoms with van der Waals surface area (Å²) in [6.45, 7) is 0.439. The van der Waals surface area contributed by atoms with Gasteiger partial charge in [0, 0.05) is 12.3 Å². The number of fused-ring (bicyclic) bond motifs is 1. The number of hydrogen-bond donors (Lipinski definition) is 1. The zero-order valence-corrected chi connectivity index (χ0v) is 16.8. The van der Waals surface area contributed by atoms with Crippen molar-refractivity contribution in [2.45, 2.75) is 11.4 Å². The maximum Gasteiger partial charge on any atom is 0.263 e. The zero-order chi connectivity index (χ0) is 19.7. The van der Waals surface area contributed by atoms with Crippen molar-refractivity contribution in [1.82, 2.24) is 9.78 Å². The number of benzene rings is 3. The van der Waals surface area contributed by atoms with E-state index in [1.54, 1.807) is 47.3 Å². The summed E-state index contributed by atoms with van der Waals surface area (Å²) in [5.41, 5.74) is 0.904. The van der Waals surface area contributed by atoms with Gasteiger partial charge in [0.05, 0.1) is 21.5 Å². The molecule has 0 bridgehead atoms. The molecule has 0 amide bonds. The molecule has 0 aliphatic heterocycles. The van der Waals surface area contributed by atoms with Crippen LogP contribution in [0.1, 0.15) is 5.56 Å².